The number of carbonyl (C=O) groups is 1. The number of rotatable bonds is 5. The van der Waals surface area contributed by atoms with Crippen LogP contribution >= 0.6 is 0 Å². The fourth-order valence-electron chi connectivity index (χ4n) is 1.78. The van der Waals surface area contributed by atoms with Gasteiger partial charge in [-0.3, -0.25) is 10.1 Å². The van der Waals surface area contributed by atoms with E-state index in [0.717, 1.165) is 5.56 Å². The highest BCUT2D eigenvalue weighted by Crippen LogP contribution is 2.19. The van der Waals surface area contributed by atoms with Crippen molar-refractivity contribution in [2.24, 2.45) is 0 Å². The number of aliphatic carboxylic acids is 1. The number of ether oxygens (including phenoxy) is 1. The topological polar surface area (TPSA) is 89.7 Å². The van der Waals surface area contributed by atoms with Gasteiger partial charge in [0.05, 0.1) is 4.92 Å². The molecule has 0 spiro atoms. The van der Waals surface area contributed by atoms with Gasteiger partial charge < -0.3 is 9.84 Å². The number of carboxylic acids is 1. The van der Waals surface area contributed by atoms with Gasteiger partial charge in [-0.1, -0.05) is 12.1 Å². The molecule has 22 heavy (non-hydrogen) atoms. The average molecular weight is 299 g/mol. The lowest BCUT2D eigenvalue weighted by Gasteiger charge is -2.07. The molecule has 0 aliphatic carbocycles. The van der Waals surface area contributed by atoms with Crippen LogP contribution in [-0.4, -0.2) is 16.0 Å². The number of hydrogen-bond acceptors (Lipinski definition) is 4. The summed E-state index contributed by atoms with van der Waals surface area (Å²) < 4.78 is 5.37. The zero-order valence-corrected chi connectivity index (χ0v) is 11.7. The third-order valence-electron chi connectivity index (χ3n) is 2.83. The van der Waals surface area contributed by atoms with Crippen LogP contribution in [0.4, 0.5) is 5.69 Å². The molecule has 0 amide bonds. The maximum Gasteiger partial charge on any atom is 0.371 e. The molecule has 6 nitrogen and oxygen atoms in total. The average Bonchev–Trinajstić information content (AvgIpc) is 2.47. The minimum atomic E-state index is -1.22. The summed E-state index contributed by atoms with van der Waals surface area (Å²) in [5.41, 5.74) is 1.38. The molecule has 2 aromatic carbocycles. The van der Waals surface area contributed by atoms with E-state index in [2.05, 4.69) is 0 Å². The maximum atomic E-state index is 11.3. The predicted octanol–water partition coefficient (Wildman–Crippen LogP) is 3.41. The first-order chi connectivity index (χ1) is 10.5. The highest BCUT2D eigenvalue weighted by atomic mass is 16.6. The Hall–Kier alpha value is -3.15. The van der Waals surface area contributed by atoms with Crippen LogP contribution in [0.15, 0.2) is 54.3 Å². The van der Waals surface area contributed by atoms with Crippen LogP contribution in [0.25, 0.3) is 6.08 Å². The second-order valence-corrected chi connectivity index (χ2v) is 4.58. The Morgan fingerprint density at radius 2 is 1.91 bits per heavy atom. The van der Waals surface area contributed by atoms with Gasteiger partial charge in [-0.05, 0) is 48.4 Å². The van der Waals surface area contributed by atoms with Crippen molar-refractivity contribution >= 4 is 17.7 Å². The molecule has 0 saturated heterocycles. The van der Waals surface area contributed by atoms with Crippen LogP contribution in [0.5, 0.6) is 5.75 Å². The largest absolute Gasteiger partial charge is 0.475 e. The molecular formula is C16H13NO5. The molecule has 0 atom stereocenters. The summed E-state index contributed by atoms with van der Waals surface area (Å²) >= 11 is 0. The molecule has 0 radical (unpaired) electrons. The fraction of sp³-hybridized carbons (Fsp3) is 0.0625. The summed E-state index contributed by atoms with van der Waals surface area (Å²) in [5, 5.41) is 19.8. The predicted molar refractivity (Wildman–Crippen MR) is 80.5 cm³/mol. The molecule has 0 heterocycles. The van der Waals surface area contributed by atoms with E-state index in [1.54, 1.807) is 18.2 Å². The summed E-state index contributed by atoms with van der Waals surface area (Å²) in [6.45, 7) is 1.87. The van der Waals surface area contributed by atoms with Crippen molar-refractivity contribution in [3.63, 3.8) is 0 Å². The first kappa shape index (κ1) is 15.2. The standard InChI is InChI=1S/C16H13NO5/c1-11-3-2-4-14(9-11)22-15(16(18)19)10-12-5-7-13(8-6-12)17(20)21/h2-10H,1H3,(H,18,19)/b15-10-. The first-order valence-electron chi connectivity index (χ1n) is 6.39. The van der Waals surface area contributed by atoms with Crippen molar-refractivity contribution in [1.29, 1.82) is 0 Å². The number of nitrogens with zero attached hydrogens (tertiary/aromatic N) is 1. The van der Waals surface area contributed by atoms with Crippen molar-refractivity contribution in [2.75, 3.05) is 0 Å². The molecule has 0 fully saturated rings. The summed E-state index contributed by atoms with van der Waals surface area (Å²) in [6, 6.07) is 12.5. The fourth-order valence-corrected chi connectivity index (χ4v) is 1.78. The third kappa shape index (κ3) is 3.92. The molecular weight excluding hydrogens is 286 g/mol. The maximum absolute atomic E-state index is 11.3. The van der Waals surface area contributed by atoms with Gasteiger partial charge in [0.25, 0.3) is 5.69 Å². The zero-order valence-electron chi connectivity index (χ0n) is 11.7. The van der Waals surface area contributed by atoms with Gasteiger partial charge in [0, 0.05) is 12.1 Å². The number of hydrogen-bond donors (Lipinski definition) is 1. The number of nitro groups is 1. The Balaban J connectivity index is 2.27. The minimum Gasteiger partial charge on any atom is -0.475 e. The Labute approximate surface area is 126 Å². The van der Waals surface area contributed by atoms with E-state index in [4.69, 9.17) is 4.74 Å². The van der Waals surface area contributed by atoms with Crippen molar-refractivity contribution in [1.82, 2.24) is 0 Å². The normalized spacial score (nSPS) is 11.0. The molecule has 0 aliphatic rings. The van der Waals surface area contributed by atoms with Crippen LogP contribution in [-0.2, 0) is 4.79 Å². The lowest BCUT2D eigenvalue weighted by molar-refractivity contribution is -0.384. The van der Waals surface area contributed by atoms with E-state index in [0.29, 0.717) is 11.3 Å². The van der Waals surface area contributed by atoms with E-state index in [-0.39, 0.29) is 11.4 Å². The van der Waals surface area contributed by atoms with E-state index >= 15 is 0 Å². The molecule has 0 saturated carbocycles. The lowest BCUT2D eigenvalue weighted by Crippen LogP contribution is -2.07. The van der Waals surface area contributed by atoms with Crippen LogP contribution in [0.3, 0.4) is 0 Å². The van der Waals surface area contributed by atoms with Gasteiger partial charge in [0.15, 0.2) is 0 Å². The van der Waals surface area contributed by atoms with Gasteiger partial charge >= 0.3 is 5.97 Å². The first-order valence-corrected chi connectivity index (χ1v) is 6.39. The smallest absolute Gasteiger partial charge is 0.371 e. The molecule has 1 N–H and O–H groups in total. The Kier molecular flexibility index (Phi) is 4.53. The van der Waals surface area contributed by atoms with E-state index in [9.17, 15) is 20.0 Å². The zero-order chi connectivity index (χ0) is 16.1. The number of nitro benzene ring substituents is 1. The second kappa shape index (κ2) is 6.53. The van der Waals surface area contributed by atoms with Crippen LogP contribution in [0, 0.1) is 17.0 Å². The van der Waals surface area contributed by atoms with E-state index in [1.165, 1.54) is 30.3 Å². The van der Waals surface area contributed by atoms with Crippen molar-refractivity contribution in [3.05, 3.63) is 75.5 Å². The van der Waals surface area contributed by atoms with E-state index < -0.39 is 10.9 Å². The van der Waals surface area contributed by atoms with Crippen molar-refractivity contribution < 1.29 is 19.6 Å². The molecule has 2 aromatic rings. The Morgan fingerprint density at radius 3 is 2.45 bits per heavy atom. The quantitative estimate of drug-likeness (QED) is 0.395. The van der Waals surface area contributed by atoms with Gasteiger partial charge in [0.1, 0.15) is 5.75 Å². The SMILES string of the molecule is Cc1cccc(O/C(=C\c2ccc([N+](=O)[O-])cc2)C(=O)O)c1. The summed E-state index contributed by atoms with van der Waals surface area (Å²) in [7, 11) is 0. The lowest BCUT2D eigenvalue weighted by atomic mass is 10.2. The Morgan fingerprint density at radius 1 is 1.23 bits per heavy atom. The molecule has 6 heteroatoms. The monoisotopic (exact) mass is 299 g/mol. The molecule has 0 aliphatic heterocycles. The second-order valence-electron chi connectivity index (χ2n) is 4.58. The molecule has 0 unspecified atom stereocenters. The van der Waals surface area contributed by atoms with Crippen LogP contribution in [0.2, 0.25) is 0 Å². The van der Waals surface area contributed by atoms with Crippen LogP contribution < -0.4 is 4.74 Å². The number of benzene rings is 2. The molecule has 0 bridgehead atoms. The molecule has 112 valence electrons. The highest BCUT2D eigenvalue weighted by molar-refractivity contribution is 5.90. The highest BCUT2D eigenvalue weighted by Gasteiger charge is 2.11. The minimum absolute atomic E-state index is 0.0615. The summed E-state index contributed by atoms with van der Waals surface area (Å²) in [5.74, 6) is -1.07. The summed E-state index contributed by atoms with van der Waals surface area (Å²) in [4.78, 5) is 21.3. The molecule has 2 rings (SSSR count). The number of aryl methyl sites for hydroxylation is 1. The Bertz CT molecular complexity index is 734. The molecule has 0 aromatic heterocycles. The van der Waals surface area contributed by atoms with Crippen LogP contribution in [0.1, 0.15) is 11.1 Å². The van der Waals surface area contributed by atoms with Crippen molar-refractivity contribution in [3.8, 4) is 5.75 Å². The third-order valence-corrected chi connectivity index (χ3v) is 2.83. The van der Waals surface area contributed by atoms with E-state index in [1.807, 2.05) is 13.0 Å². The van der Waals surface area contributed by atoms with Gasteiger partial charge in [-0.2, -0.15) is 0 Å². The van der Waals surface area contributed by atoms with Gasteiger partial charge in [-0.15, -0.1) is 0 Å². The van der Waals surface area contributed by atoms with Gasteiger partial charge in [0.2, 0.25) is 5.76 Å². The van der Waals surface area contributed by atoms with Crippen molar-refractivity contribution in [2.45, 2.75) is 6.92 Å². The number of carboxylic acid groups (broad SMARTS) is 1. The number of non-ortho nitro benzene ring substituents is 1. The van der Waals surface area contributed by atoms with Gasteiger partial charge in [-0.25, -0.2) is 4.79 Å². The summed E-state index contributed by atoms with van der Waals surface area (Å²) in [6.07, 6.45) is 1.31.